The lowest BCUT2D eigenvalue weighted by Gasteiger charge is -2.11. The number of ketones is 1. The maximum atomic E-state index is 11.3. The first-order valence-corrected chi connectivity index (χ1v) is 7.45. The maximum absolute atomic E-state index is 11.3. The van der Waals surface area contributed by atoms with E-state index in [4.69, 9.17) is 0 Å². The Morgan fingerprint density at radius 3 is 2.52 bits per heavy atom. The van der Waals surface area contributed by atoms with Gasteiger partial charge in [-0.25, -0.2) is 0 Å². The lowest BCUT2D eigenvalue weighted by Crippen LogP contribution is -2.01. The van der Waals surface area contributed by atoms with Gasteiger partial charge in [0.25, 0.3) is 5.69 Å². The number of hydrogen-bond acceptors (Lipinski definition) is 5. The van der Waals surface area contributed by atoms with Gasteiger partial charge in [0.2, 0.25) is 0 Å². The number of carbonyl (C=O) groups is 1. The third-order valence-electron chi connectivity index (χ3n) is 2.98. The summed E-state index contributed by atoms with van der Waals surface area (Å²) >= 11 is 1.55. The maximum Gasteiger partial charge on any atom is 0.293 e. The first-order chi connectivity index (χ1) is 10.0. The molecule has 0 saturated carbocycles. The largest absolute Gasteiger partial charge is 0.349 e. The molecule has 2 rings (SSSR count). The van der Waals surface area contributed by atoms with Crippen molar-refractivity contribution in [3.05, 3.63) is 58.1 Å². The second kappa shape index (κ2) is 6.41. The molecule has 0 saturated heterocycles. The molecule has 0 heterocycles. The van der Waals surface area contributed by atoms with Crippen LogP contribution < -0.4 is 5.32 Å². The number of nitrogens with one attached hydrogen (secondary N) is 1. The van der Waals surface area contributed by atoms with Gasteiger partial charge in [-0.2, -0.15) is 0 Å². The van der Waals surface area contributed by atoms with Crippen molar-refractivity contribution in [3.63, 3.8) is 0 Å². The molecule has 6 heteroatoms. The summed E-state index contributed by atoms with van der Waals surface area (Å²) in [5.74, 6) is -0.200. The lowest BCUT2D eigenvalue weighted by atomic mass is 10.1. The van der Waals surface area contributed by atoms with Crippen LogP contribution in [0.2, 0.25) is 0 Å². The monoisotopic (exact) mass is 302 g/mol. The van der Waals surface area contributed by atoms with Gasteiger partial charge >= 0.3 is 0 Å². The third-order valence-corrected chi connectivity index (χ3v) is 3.77. The zero-order chi connectivity index (χ0) is 15.4. The molecular weight excluding hydrogens is 288 g/mol. The van der Waals surface area contributed by atoms with E-state index >= 15 is 0 Å². The third kappa shape index (κ3) is 3.41. The van der Waals surface area contributed by atoms with Crippen LogP contribution in [0.25, 0.3) is 0 Å². The zero-order valence-electron chi connectivity index (χ0n) is 11.6. The number of hydrogen-bond donors (Lipinski definition) is 1. The Morgan fingerprint density at radius 2 is 1.90 bits per heavy atom. The zero-order valence-corrected chi connectivity index (χ0v) is 12.4. The lowest BCUT2D eigenvalue weighted by molar-refractivity contribution is -0.383. The van der Waals surface area contributed by atoms with Crippen molar-refractivity contribution in [2.75, 3.05) is 11.6 Å². The molecule has 1 N–H and O–H groups in total. The molecule has 0 radical (unpaired) electrons. The number of thioether (sulfide) groups is 1. The van der Waals surface area contributed by atoms with Crippen molar-refractivity contribution < 1.29 is 9.72 Å². The van der Waals surface area contributed by atoms with Gasteiger partial charge in [-0.05, 0) is 37.4 Å². The minimum absolute atomic E-state index is 0.112. The number of nitro groups is 1. The van der Waals surface area contributed by atoms with Gasteiger partial charge in [-0.15, -0.1) is 11.8 Å². The molecule has 2 aromatic carbocycles. The Labute approximate surface area is 126 Å². The normalized spacial score (nSPS) is 10.2. The number of anilines is 2. The Balaban J connectivity index is 2.44. The van der Waals surface area contributed by atoms with Crippen molar-refractivity contribution in [1.29, 1.82) is 0 Å². The van der Waals surface area contributed by atoms with E-state index in [1.54, 1.807) is 23.9 Å². The topological polar surface area (TPSA) is 72.2 Å². The summed E-state index contributed by atoms with van der Waals surface area (Å²) in [5.41, 5.74) is 1.37. The van der Waals surface area contributed by atoms with E-state index in [1.165, 1.54) is 13.0 Å². The highest BCUT2D eigenvalue weighted by Crippen LogP contribution is 2.32. The molecule has 0 unspecified atom stereocenters. The number of nitrogens with zero attached hydrogens (tertiary/aromatic N) is 1. The minimum atomic E-state index is -0.490. The van der Waals surface area contributed by atoms with Crippen LogP contribution in [-0.2, 0) is 0 Å². The fraction of sp³-hybridized carbons (Fsp3) is 0.133. The van der Waals surface area contributed by atoms with Crippen molar-refractivity contribution in [2.24, 2.45) is 0 Å². The molecule has 21 heavy (non-hydrogen) atoms. The van der Waals surface area contributed by atoms with E-state index in [-0.39, 0.29) is 11.5 Å². The standard InChI is InChI=1S/C15H14N2O3S/c1-10(18)11-7-8-12(14(9-11)17(19)20)16-13-5-3-4-6-15(13)21-2/h3-9,16H,1-2H3. The number of para-hydroxylation sites is 1. The van der Waals surface area contributed by atoms with E-state index in [2.05, 4.69) is 5.32 Å². The summed E-state index contributed by atoms with van der Waals surface area (Å²) in [4.78, 5) is 23.0. The van der Waals surface area contributed by atoms with E-state index in [9.17, 15) is 14.9 Å². The second-order valence-corrected chi connectivity index (χ2v) is 5.22. The fourth-order valence-corrected chi connectivity index (χ4v) is 2.45. The molecule has 5 nitrogen and oxygen atoms in total. The molecular formula is C15H14N2O3S. The van der Waals surface area contributed by atoms with Crippen LogP contribution in [0, 0.1) is 10.1 Å². The van der Waals surface area contributed by atoms with E-state index < -0.39 is 4.92 Å². The van der Waals surface area contributed by atoms with Crippen LogP contribution in [0.4, 0.5) is 17.1 Å². The summed E-state index contributed by atoms with van der Waals surface area (Å²) in [6.07, 6.45) is 1.94. The highest BCUT2D eigenvalue weighted by molar-refractivity contribution is 7.98. The molecule has 0 fully saturated rings. The van der Waals surface area contributed by atoms with Gasteiger partial charge < -0.3 is 5.32 Å². The van der Waals surface area contributed by atoms with Crippen molar-refractivity contribution >= 4 is 34.6 Å². The van der Waals surface area contributed by atoms with Crippen LogP contribution in [0.1, 0.15) is 17.3 Å². The average molecular weight is 302 g/mol. The predicted molar refractivity (Wildman–Crippen MR) is 84.6 cm³/mol. The number of nitro benzene ring substituents is 1. The van der Waals surface area contributed by atoms with Crippen LogP contribution in [0.15, 0.2) is 47.4 Å². The fourth-order valence-electron chi connectivity index (χ4n) is 1.90. The van der Waals surface area contributed by atoms with Crippen LogP contribution in [0.5, 0.6) is 0 Å². The van der Waals surface area contributed by atoms with Crippen molar-refractivity contribution in [3.8, 4) is 0 Å². The molecule has 0 aromatic heterocycles. The number of rotatable bonds is 5. The molecule has 108 valence electrons. The van der Waals surface area contributed by atoms with Gasteiger partial charge in [-0.3, -0.25) is 14.9 Å². The Morgan fingerprint density at radius 1 is 1.19 bits per heavy atom. The van der Waals surface area contributed by atoms with E-state index in [0.29, 0.717) is 11.3 Å². The molecule has 0 aliphatic carbocycles. The molecule has 0 spiro atoms. The Hall–Kier alpha value is -2.34. The summed E-state index contributed by atoms with van der Waals surface area (Å²) < 4.78 is 0. The summed E-state index contributed by atoms with van der Waals surface area (Å²) in [7, 11) is 0. The number of carbonyl (C=O) groups excluding carboxylic acids is 1. The highest BCUT2D eigenvalue weighted by Gasteiger charge is 2.17. The van der Waals surface area contributed by atoms with Gasteiger partial charge in [0.15, 0.2) is 5.78 Å². The summed E-state index contributed by atoms with van der Waals surface area (Å²) in [6.45, 7) is 1.38. The molecule has 0 aliphatic rings. The van der Waals surface area contributed by atoms with Crippen molar-refractivity contribution in [2.45, 2.75) is 11.8 Å². The highest BCUT2D eigenvalue weighted by atomic mass is 32.2. The first kappa shape index (κ1) is 15.1. The van der Waals surface area contributed by atoms with Crippen LogP contribution in [-0.4, -0.2) is 17.0 Å². The van der Waals surface area contributed by atoms with Gasteiger partial charge in [0, 0.05) is 16.5 Å². The molecule has 0 bridgehead atoms. The Kier molecular flexibility index (Phi) is 4.59. The first-order valence-electron chi connectivity index (χ1n) is 6.22. The number of Topliss-reactive ketones (excluding diaryl/α,β-unsaturated/α-hetero) is 1. The quantitative estimate of drug-likeness (QED) is 0.386. The minimum Gasteiger partial charge on any atom is -0.349 e. The predicted octanol–water partition coefficient (Wildman–Crippen LogP) is 4.26. The van der Waals surface area contributed by atoms with E-state index in [0.717, 1.165) is 10.6 Å². The van der Waals surface area contributed by atoms with Gasteiger partial charge in [0.1, 0.15) is 5.69 Å². The van der Waals surface area contributed by atoms with Crippen LogP contribution >= 0.6 is 11.8 Å². The van der Waals surface area contributed by atoms with Crippen LogP contribution in [0.3, 0.4) is 0 Å². The van der Waals surface area contributed by atoms with Crippen molar-refractivity contribution in [1.82, 2.24) is 0 Å². The SMILES string of the molecule is CSc1ccccc1Nc1ccc(C(C)=O)cc1[N+](=O)[O-]. The summed E-state index contributed by atoms with van der Waals surface area (Å²) in [5, 5.41) is 14.3. The average Bonchev–Trinajstić information content (AvgIpc) is 2.47. The molecule has 0 aliphatic heterocycles. The molecule has 2 aromatic rings. The molecule has 0 atom stereocenters. The molecule has 0 amide bonds. The Bertz CT molecular complexity index is 701. The second-order valence-electron chi connectivity index (χ2n) is 4.37. The van der Waals surface area contributed by atoms with Gasteiger partial charge in [-0.1, -0.05) is 12.1 Å². The number of benzene rings is 2. The van der Waals surface area contributed by atoms with Gasteiger partial charge in [0.05, 0.1) is 10.6 Å². The smallest absolute Gasteiger partial charge is 0.293 e. The van der Waals surface area contributed by atoms with E-state index in [1.807, 2.05) is 30.5 Å². The summed E-state index contributed by atoms with van der Waals surface area (Å²) in [6, 6.07) is 12.0.